The SMILES string of the molecule is Cc1noc(-c2ccc(NS(=O)(=O)N3CCOCC3)cc2)c1N(C(=O)O)C(C)c1ccccc1Cl. The number of ether oxygens (including phenoxy) is 1. The van der Waals surface area contributed by atoms with Gasteiger partial charge in [0.05, 0.1) is 19.3 Å². The Morgan fingerprint density at radius 1 is 1.17 bits per heavy atom. The molecule has 2 N–H and O–H groups in total. The first kappa shape index (κ1) is 25.0. The Labute approximate surface area is 208 Å². The highest BCUT2D eigenvalue weighted by Gasteiger charge is 2.31. The number of nitrogens with one attached hydrogen (secondary N) is 1. The molecule has 10 nitrogen and oxygen atoms in total. The average molecular weight is 521 g/mol. The summed E-state index contributed by atoms with van der Waals surface area (Å²) >= 11 is 6.33. The van der Waals surface area contributed by atoms with Gasteiger partial charge in [-0.2, -0.15) is 12.7 Å². The monoisotopic (exact) mass is 520 g/mol. The molecule has 0 radical (unpaired) electrons. The van der Waals surface area contributed by atoms with Crippen LogP contribution in [0.15, 0.2) is 53.1 Å². The third kappa shape index (κ3) is 5.27. The summed E-state index contributed by atoms with van der Waals surface area (Å²) in [4.78, 5) is 13.5. The fourth-order valence-electron chi connectivity index (χ4n) is 3.94. The van der Waals surface area contributed by atoms with E-state index in [-0.39, 0.29) is 24.5 Å². The zero-order valence-corrected chi connectivity index (χ0v) is 20.7. The number of morpholine rings is 1. The topological polar surface area (TPSA) is 125 Å². The second kappa shape index (κ2) is 10.2. The predicted octanol–water partition coefficient (Wildman–Crippen LogP) is 4.54. The summed E-state index contributed by atoms with van der Waals surface area (Å²) in [6.45, 7) is 4.64. The lowest BCUT2D eigenvalue weighted by Gasteiger charge is -2.27. The maximum Gasteiger partial charge on any atom is 0.412 e. The van der Waals surface area contributed by atoms with Gasteiger partial charge >= 0.3 is 16.3 Å². The van der Waals surface area contributed by atoms with Crippen molar-refractivity contribution in [2.45, 2.75) is 19.9 Å². The third-order valence-electron chi connectivity index (χ3n) is 5.73. The lowest BCUT2D eigenvalue weighted by molar-refractivity contribution is 0.0733. The predicted molar refractivity (Wildman–Crippen MR) is 132 cm³/mol. The number of carbonyl (C=O) groups is 1. The molecule has 1 saturated heterocycles. The van der Waals surface area contributed by atoms with E-state index in [0.29, 0.717) is 40.7 Å². The Bertz CT molecular complexity index is 1310. The lowest BCUT2D eigenvalue weighted by atomic mass is 10.0. The minimum atomic E-state index is -3.72. The molecule has 1 aliphatic rings. The van der Waals surface area contributed by atoms with Gasteiger partial charge in [-0.1, -0.05) is 35.0 Å². The van der Waals surface area contributed by atoms with Gasteiger partial charge in [0, 0.05) is 29.4 Å². The van der Waals surface area contributed by atoms with Crippen LogP contribution in [0, 0.1) is 6.92 Å². The van der Waals surface area contributed by atoms with Crippen LogP contribution in [0.1, 0.15) is 24.2 Å². The molecule has 1 amide bonds. The molecule has 1 aliphatic heterocycles. The van der Waals surface area contributed by atoms with Gasteiger partial charge in [0.15, 0.2) is 5.76 Å². The van der Waals surface area contributed by atoms with Crippen LogP contribution in [0.3, 0.4) is 0 Å². The average Bonchev–Trinajstić information content (AvgIpc) is 3.21. The van der Waals surface area contributed by atoms with Crippen LogP contribution in [0.5, 0.6) is 0 Å². The van der Waals surface area contributed by atoms with Gasteiger partial charge in [-0.3, -0.25) is 9.62 Å². The molecular weight excluding hydrogens is 496 g/mol. The molecule has 3 aromatic rings. The lowest BCUT2D eigenvalue weighted by Crippen LogP contribution is -2.43. The number of nitrogens with zero attached hydrogens (tertiary/aromatic N) is 3. The maximum absolute atomic E-state index is 12.6. The summed E-state index contributed by atoms with van der Waals surface area (Å²) in [5, 5.41) is 14.5. The maximum atomic E-state index is 12.6. The van der Waals surface area contributed by atoms with Crippen LogP contribution in [0.2, 0.25) is 5.02 Å². The standard InChI is InChI=1S/C23H25ClN4O6S/c1-15-21(28(23(29)30)16(2)19-5-3-4-6-20(19)24)22(34-25-15)17-7-9-18(10-8-17)26-35(31,32)27-11-13-33-14-12-27/h3-10,16,26H,11-14H2,1-2H3,(H,29,30). The number of anilines is 2. The second-order valence-corrected chi connectivity index (χ2v) is 10.1. The van der Waals surface area contributed by atoms with Crippen LogP contribution in [-0.4, -0.2) is 55.4 Å². The number of halogens is 1. The molecule has 12 heteroatoms. The first-order valence-corrected chi connectivity index (χ1v) is 12.7. The van der Waals surface area contributed by atoms with Gasteiger partial charge in [0.1, 0.15) is 11.4 Å². The van der Waals surface area contributed by atoms with Crippen molar-refractivity contribution in [3.8, 4) is 11.3 Å². The quantitative estimate of drug-likeness (QED) is 0.468. The molecule has 186 valence electrons. The first-order valence-electron chi connectivity index (χ1n) is 10.9. The van der Waals surface area contributed by atoms with E-state index in [4.69, 9.17) is 20.9 Å². The van der Waals surface area contributed by atoms with Gasteiger partial charge in [-0.15, -0.1) is 0 Å². The number of hydrogen-bond acceptors (Lipinski definition) is 6. The highest BCUT2D eigenvalue weighted by molar-refractivity contribution is 7.90. The fourth-order valence-corrected chi connectivity index (χ4v) is 5.42. The van der Waals surface area contributed by atoms with Crippen molar-refractivity contribution in [3.63, 3.8) is 0 Å². The molecule has 1 atom stereocenters. The summed E-state index contributed by atoms with van der Waals surface area (Å²) in [5.74, 6) is 0.242. The Morgan fingerprint density at radius 2 is 1.83 bits per heavy atom. The van der Waals surface area contributed by atoms with Gasteiger partial charge < -0.3 is 14.4 Å². The molecule has 0 spiro atoms. The summed E-state index contributed by atoms with van der Waals surface area (Å²) in [7, 11) is -3.72. The second-order valence-electron chi connectivity index (χ2n) is 7.99. The van der Waals surface area contributed by atoms with E-state index in [1.807, 2.05) is 0 Å². The molecule has 1 fully saturated rings. The highest BCUT2D eigenvalue weighted by Crippen LogP contribution is 2.40. The van der Waals surface area contributed by atoms with Crippen LogP contribution in [0.25, 0.3) is 11.3 Å². The van der Waals surface area contributed by atoms with Gasteiger partial charge in [-0.25, -0.2) is 4.79 Å². The number of aryl methyl sites for hydroxylation is 1. The number of rotatable bonds is 7. The normalized spacial score (nSPS) is 15.5. The summed E-state index contributed by atoms with van der Waals surface area (Å²) < 4.78 is 39.8. The zero-order chi connectivity index (χ0) is 25.2. The molecule has 2 aromatic carbocycles. The third-order valence-corrected chi connectivity index (χ3v) is 7.61. The molecule has 0 bridgehead atoms. The van der Waals surface area contributed by atoms with Crippen LogP contribution in [0.4, 0.5) is 16.2 Å². The van der Waals surface area contributed by atoms with Crippen molar-refractivity contribution in [1.82, 2.24) is 9.46 Å². The largest absolute Gasteiger partial charge is 0.465 e. The smallest absolute Gasteiger partial charge is 0.412 e. The number of benzene rings is 2. The van der Waals surface area contributed by atoms with Crippen LogP contribution >= 0.6 is 11.6 Å². The van der Waals surface area contributed by atoms with Crippen molar-refractivity contribution in [2.75, 3.05) is 35.9 Å². The molecule has 4 rings (SSSR count). The Kier molecular flexibility index (Phi) is 7.31. The summed E-state index contributed by atoms with van der Waals surface area (Å²) in [6, 6.07) is 12.8. The zero-order valence-electron chi connectivity index (χ0n) is 19.1. The molecule has 2 heterocycles. The van der Waals surface area contributed by atoms with E-state index in [2.05, 4.69) is 9.88 Å². The van der Waals surface area contributed by atoms with Gasteiger partial charge in [0.2, 0.25) is 0 Å². The number of amides is 1. The molecular formula is C23H25ClN4O6S. The summed E-state index contributed by atoms with van der Waals surface area (Å²) in [5.41, 5.74) is 2.20. The highest BCUT2D eigenvalue weighted by atomic mass is 35.5. The van der Waals surface area contributed by atoms with Gasteiger partial charge in [-0.05, 0) is 49.7 Å². The van der Waals surface area contributed by atoms with E-state index in [0.717, 1.165) is 4.90 Å². The minimum absolute atomic E-state index is 0.242. The van der Waals surface area contributed by atoms with Crippen LogP contribution < -0.4 is 9.62 Å². The van der Waals surface area contributed by atoms with Crippen molar-refractivity contribution in [2.24, 2.45) is 0 Å². The van der Waals surface area contributed by atoms with Crippen molar-refractivity contribution in [3.05, 3.63) is 64.8 Å². The molecule has 0 saturated carbocycles. The Balaban J connectivity index is 1.63. The first-order chi connectivity index (χ1) is 16.7. The Morgan fingerprint density at radius 3 is 2.46 bits per heavy atom. The van der Waals surface area contributed by atoms with Crippen molar-refractivity contribution < 1.29 is 27.6 Å². The molecule has 35 heavy (non-hydrogen) atoms. The number of aromatic nitrogens is 1. The molecule has 0 aliphatic carbocycles. The minimum Gasteiger partial charge on any atom is -0.465 e. The van der Waals surface area contributed by atoms with E-state index < -0.39 is 22.3 Å². The van der Waals surface area contributed by atoms with Crippen molar-refractivity contribution >= 4 is 39.3 Å². The molecule has 1 aromatic heterocycles. The Hall–Kier alpha value is -3.12. The van der Waals surface area contributed by atoms with Crippen molar-refractivity contribution in [1.29, 1.82) is 0 Å². The van der Waals surface area contributed by atoms with Gasteiger partial charge in [0.25, 0.3) is 0 Å². The van der Waals surface area contributed by atoms with E-state index in [1.54, 1.807) is 62.4 Å². The van der Waals surface area contributed by atoms with E-state index in [1.165, 1.54) is 4.31 Å². The molecule has 1 unspecified atom stereocenters. The van der Waals surface area contributed by atoms with E-state index in [9.17, 15) is 18.3 Å². The van der Waals surface area contributed by atoms with Crippen LogP contribution in [-0.2, 0) is 14.9 Å². The number of carboxylic acid groups (broad SMARTS) is 1. The summed E-state index contributed by atoms with van der Waals surface area (Å²) in [6.07, 6.45) is -1.19. The number of hydrogen-bond donors (Lipinski definition) is 2. The van der Waals surface area contributed by atoms with E-state index >= 15 is 0 Å². The fraction of sp³-hybridized carbons (Fsp3) is 0.304.